The fraction of sp³-hybridized carbons (Fsp3) is 0.800. The number of hydrogen-bond donors (Lipinski definition) is 1. The second-order valence-corrected chi connectivity index (χ2v) is 8.44. The number of ether oxygens (including phenoxy) is 1. The number of hydrogen-bond acceptors (Lipinski definition) is 2. The van der Waals surface area contributed by atoms with Gasteiger partial charge in [-0.25, -0.2) is 0 Å². The Labute approximate surface area is 135 Å². The summed E-state index contributed by atoms with van der Waals surface area (Å²) in [6.07, 6.45) is 8.89. The van der Waals surface area contributed by atoms with E-state index in [0.717, 1.165) is 25.7 Å². The van der Waals surface area contributed by atoms with Crippen molar-refractivity contribution in [1.29, 1.82) is 0 Å². The summed E-state index contributed by atoms with van der Waals surface area (Å²) in [6, 6.07) is 0. The lowest BCUT2D eigenvalue weighted by atomic mass is 9.63. The van der Waals surface area contributed by atoms with Crippen LogP contribution in [0.4, 0.5) is 0 Å². The molecule has 2 nitrogen and oxygen atoms in total. The molecule has 1 saturated heterocycles. The monoisotopic (exact) mass is 304 g/mol. The Morgan fingerprint density at radius 1 is 1.27 bits per heavy atom. The van der Waals surface area contributed by atoms with E-state index in [9.17, 15) is 5.11 Å². The standard InChI is InChI=1S/C20H32O2/c1-12(2)15-9-8-14(4)17-16-11-13(3)7-6-10-20(5,21)19(22-16)18(15)17/h7-8,12,15-19,21H,6,9-11H2,1-5H3/b13-7+/t15-,16+,17-,18-,19+,20-/m1/s1. The number of allylic oxidation sites excluding steroid dienone is 2. The third-order valence-corrected chi connectivity index (χ3v) is 6.35. The van der Waals surface area contributed by atoms with Crippen LogP contribution in [0.1, 0.15) is 60.3 Å². The van der Waals surface area contributed by atoms with Crippen molar-refractivity contribution in [1.82, 2.24) is 0 Å². The molecule has 0 radical (unpaired) electrons. The molecule has 2 aliphatic heterocycles. The molecule has 0 aromatic carbocycles. The van der Waals surface area contributed by atoms with Gasteiger partial charge >= 0.3 is 0 Å². The lowest BCUT2D eigenvalue weighted by molar-refractivity contribution is -0.115. The molecular weight excluding hydrogens is 272 g/mol. The van der Waals surface area contributed by atoms with Crippen molar-refractivity contribution in [3.63, 3.8) is 0 Å². The van der Waals surface area contributed by atoms with Gasteiger partial charge < -0.3 is 9.84 Å². The highest BCUT2D eigenvalue weighted by molar-refractivity contribution is 5.21. The zero-order chi connectivity index (χ0) is 16.1. The highest BCUT2D eigenvalue weighted by Crippen LogP contribution is 2.53. The maximum Gasteiger partial charge on any atom is 0.0901 e. The highest BCUT2D eigenvalue weighted by Gasteiger charge is 2.55. The summed E-state index contributed by atoms with van der Waals surface area (Å²) in [4.78, 5) is 0. The second kappa shape index (κ2) is 5.79. The topological polar surface area (TPSA) is 29.5 Å². The molecule has 0 aromatic rings. The summed E-state index contributed by atoms with van der Waals surface area (Å²) in [5.41, 5.74) is 2.18. The Morgan fingerprint density at radius 2 is 2.00 bits per heavy atom. The van der Waals surface area contributed by atoms with Crippen LogP contribution >= 0.6 is 0 Å². The first-order valence-corrected chi connectivity index (χ1v) is 9.01. The molecule has 2 bridgehead atoms. The SMILES string of the molecule is CC1=CC[C@H](C(C)C)[C@@H]2[C@H]1[C@@H]1C/C(C)=C/CC[C@@](C)(O)[C@H]2O1. The molecule has 1 aliphatic carbocycles. The van der Waals surface area contributed by atoms with Crippen LogP contribution in [0.25, 0.3) is 0 Å². The van der Waals surface area contributed by atoms with Crippen LogP contribution < -0.4 is 0 Å². The van der Waals surface area contributed by atoms with Gasteiger partial charge in [-0.05, 0) is 58.3 Å². The van der Waals surface area contributed by atoms with Crippen molar-refractivity contribution >= 4 is 0 Å². The van der Waals surface area contributed by atoms with E-state index >= 15 is 0 Å². The molecule has 3 rings (SSSR count). The fourth-order valence-electron chi connectivity index (χ4n) is 5.11. The molecule has 2 heterocycles. The third-order valence-electron chi connectivity index (χ3n) is 6.35. The van der Waals surface area contributed by atoms with Gasteiger partial charge in [-0.15, -0.1) is 0 Å². The molecule has 0 aromatic heterocycles. The molecule has 1 N–H and O–H groups in total. The summed E-state index contributed by atoms with van der Waals surface area (Å²) >= 11 is 0. The quantitative estimate of drug-likeness (QED) is 0.723. The molecule has 6 atom stereocenters. The van der Waals surface area contributed by atoms with E-state index in [1.165, 1.54) is 11.1 Å². The van der Waals surface area contributed by atoms with Gasteiger partial charge in [0.05, 0.1) is 17.8 Å². The minimum Gasteiger partial charge on any atom is -0.387 e. The predicted molar refractivity (Wildman–Crippen MR) is 90.6 cm³/mol. The third kappa shape index (κ3) is 2.69. The van der Waals surface area contributed by atoms with Crippen LogP contribution in [0.2, 0.25) is 0 Å². The van der Waals surface area contributed by atoms with Gasteiger partial charge in [0.2, 0.25) is 0 Å². The highest BCUT2D eigenvalue weighted by atomic mass is 16.5. The Hall–Kier alpha value is -0.600. The van der Waals surface area contributed by atoms with Crippen molar-refractivity contribution in [3.05, 3.63) is 23.3 Å². The zero-order valence-electron chi connectivity index (χ0n) is 14.8. The normalized spacial score (nSPS) is 47.9. The second-order valence-electron chi connectivity index (χ2n) is 8.44. The van der Waals surface area contributed by atoms with Crippen LogP contribution in [0, 0.1) is 23.7 Å². The number of aliphatic hydroxyl groups is 1. The van der Waals surface area contributed by atoms with Gasteiger partial charge in [0, 0.05) is 11.8 Å². The van der Waals surface area contributed by atoms with Crippen molar-refractivity contribution in [2.24, 2.45) is 23.7 Å². The van der Waals surface area contributed by atoms with Crippen LogP contribution in [0.3, 0.4) is 0 Å². The molecule has 0 saturated carbocycles. The largest absolute Gasteiger partial charge is 0.387 e. The van der Waals surface area contributed by atoms with E-state index in [4.69, 9.17) is 4.74 Å². The van der Waals surface area contributed by atoms with Crippen LogP contribution in [-0.2, 0) is 4.74 Å². The molecule has 2 heteroatoms. The van der Waals surface area contributed by atoms with E-state index in [1.54, 1.807) is 0 Å². The van der Waals surface area contributed by atoms with Crippen LogP contribution in [0.5, 0.6) is 0 Å². The smallest absolute Gasteiger partial charge is 0.0901 e. The first kappa shape index (κ1) is 16.3. The first-order chi connectivity index (χ1) is 10.3. The summed E-state index contributed by atoms with van der Waals surface area (Å²) in [5.74, 6) is 2.21. The van der Waals surface area contributed by atoms with Gasteiger partial charge in [-0.2, -0.15) is 0 Å². The van der Waals surface area contributed by atoms with Gasteiger partial charge in [0.15, 0.2) is 0 Å². The van der Waals surface area contributed by atoms with E-state index in [2.05, 4.69) is 39.8 Å². The average Bonchev–Trinajstić information content (AvgIpc) is 2.80. The van der Waals surface area contributed by atoms with Gasteiger partial charge in [-0.1, -0.05) is 37.1 Å². The number of fused-ring (bicyclic) bond motifs is 5. The Morgan fingerprint density at radius 3 is 2.68 bits per heavy atom. The molecule has 3 aliphatic rings. The van der Waals surface area contributed by atoms with Crippen molar-refractivity contribution in [2.45, 2.75) is 78.1 Å². The lowest BCUT2D eigenvalue weighted by Gasteiger charge is -2.42. The molecule has 0 spiro atoms. The summed E-state index contributed by atoms with van der Waals surface area (Å²) in [6.45, 7) is 11.1. The van der Waals surface area contributed by atoms with Gasteiger partial charge in [-0.3, -0.25) is 0 Å². The maximum absolute atomic E-state index is 11.1. The van der Waals surface area contributed by atoms with Crippen molar-refractivity contribution in [2.75, 3.05) is 0 Å². The molecule has 1 fully saturated rings. The molecule has 22 heavy (non-hydrogen) atoms. The van der Waals surface area contributed by atoms with Gasteiger partial charge in [0.25, 0.3) is 0 Å². The Bertz CT molecular complexity index is 486. The van der Waals surface area contributed by atoms with E-state index in [-0.39, 0.29) is 12.2 Å². The summed E-state index contributed by atoms with van der Waals surface area (Å²) < 4.78 is 6.53. The van der Waals surface area contributed by atoms with Crippen LogP contribution in [-0.4, -0.2) is 22.9 Å². The predicted octanol–water partition coefficient (Wildman–Crippen LogP) is 4.49. The number of rotatable bonds is 1. The van der Waals surface area contributed by atoms with Gasteiger partial charge in [0.1, 0.15) is 0 Å². The van der Waals surface area contributed by atoms with Crippen molar-refractivity contribution < 1.29 is 9.84 Å². The summed E-state index contributed by atoms with van der Waals surface area (Å²) in [7, 11) is 0. The Kier molecular flexibility index (Phi) is 4.28. The molecule has 0 amide bonds. The molecule has 124 valence electrons. The summed E-state index contributed by atoms with van der Waals surface area (Å²) in [5, 5.41) is 11.1. The molecule has 0 unspecified atom stereocenters. The minimum atomic E-state index is -0.719. The zero-order valence-corrected chi connectivity index (χ0v) is 14.8. The lowest BCUT2D eigenvalue weighted by Crippen LogP contribution is -2.47. The van der Waals surface area contributed by atoms with Crippen molar-refractivity contribution in [3.8, 4) is 0 Å². The minimum absolute atomic E-state index is 0.0159. The maximum atomic E-state index is 11.1. The average molecular weight is 304 g/mol. The van der Waals surface area contributed by atoms with Crippen LogP contribution in [0.15, 0.2) is 23.3 Å². The van der Waals surface area contributed by atoms with E-state index in [0.29, 0.717) is 23.7 Å². The Balaban J connectivity index is 2.03. The fourth-order valence-corrected chi connectivity index (χ4v) is 5.11. The van der Waals surface area contributed by atoms with E-state index in [1.807, 2.05) is 6.92 Å². The first-order valence-electron chi connectivity index (χ1n) is 9.01. The molecular formula is C20H32O2. The van der Waals surface area contributed by atoms with E-state index < -0.39 is 5.60 Å².